The Bertz CT molecular complexity index is 550. The lowest BCUT2D eigenvalue weighted by molar-refractivity contribution is -0.133. The lowest BCUT2D eigenvalue weighted by Crippen LogP contribution is -2.58. The van der Waals surface area contributed by atoms with E-state index in [0.29, 0.717) is 31.7 Å². The molecule has 3 aliphatic rings. The van der Waals surface area contributed by atoms with Gasteiger partial charge in [-0.05, 0) is 25.3 Å². The fraction of sp³-hybridized carbons (Fsp3) is 0.812. The van der Waals surface area contributed by atoms with E-state index >= 15 is 0 Å². The van der Waals surface area contributed by atoms with E-state index in [1.165, 1.54) is 0 Å². The monoisotopic (exact) mass is 337 g/mol. The van der Waals surface area contributed by atoms with Crippen molar-refractivity contribution >= 4 is 5.91 Å². The summed E-state index contributed by atoms with van der Waals surface area (Å²) in [5, 5.41) is 11.3. The minimum absolute atomic E-state index is 0.103. The van der Waals surface area contributed by atoms with Gasteiger partial charge < -0.3 is 14.8 Å². The summed E-state index contributed by atoms with van der Waals surface area (Å²) >= 11 is 0. The summed E-state index contributed by atoms with van der Waals surface area (Å²) in [6.45, 7) is 4.37. The van der Waals surface area contributed by atoms with Gasteiger partial charge in [-0.25, -0.2) is 0 Å². The molecule has 134 valence electrons. The molecule has 4 rings (SSSR count). The summed E-state index contributed by atoms with van der Waals surface area (Å²) in [5.41, 5.74) is 0.851. The number of hydrogen-bond acceptors (Lipinski definition) is 6. The predicted octanol–water partition coefficient (Wildman–Crippen LogP) is -0.102. The summed E-state index contributed by atoms with van der Waals surface area (Å²) in [5.74, 6) is 0.736. The van der Waals surface area contributed by atoms with Gasteiger partial charge in [0.1, 0.15) is 5.69 Å². The number of aromatic nitrogens is 3. The van der Waals surface area contributed by atoms with E-state index in [2.05, 4.69) is 20.5 Å². The van der Waals surface area contributed by atoms with Crippen LogP contribution in [0.4, 0.5) is 0 Å². The molecule has 8 nitrogen and oxygen atoms in total. The average Bonchev–Trinajstić information content (AvgIpc) is 3.03. The van der Waals surface area contributed by atoms with Crippen LogP contribution in [0.2, 0.25) is 0 Å². The Morgan fingerprint density at radius 3 is 3.00 bits per heavy atom. The molecule has 24 heavy (non-hydrogen) atoms. The van der Waals surface area contributed by atoms with Crippen molar-refractivity contribution in [2.24, 2.45) is 11.8 Å². The number of ether oxygens (including phenoxy) is 2. The third-order valence-corrected chi connectivity index (χ3v) is 5.10. The van der Waals surface area contributed by atoms with Crippen LogP contribution in [0.25, 0.3) is 0 Å². The molecule has 4 heterocycles. The summed E-state index contributed by atoms with van der Waals surface area (Å²) in [7, 11) is 3.30. The van der Waals surface area contributed by atoms with Gasteiger partial charge >= 0.3 is 0 Å². The number of carbonyl (C=O) groups is 1. The molecule has 3 aliphatic heterocycles. The SMILES string of the molecule is COCCNC(=O)C1CN2CCC1CC2Cn1cc(COC)nn1. The number of methoxy groups -OCH3 is 2. The number of piperidine rings is 3. The number of fused-ring (bicyclic) bond motifs is 3. The first-order valence-corrected chi connectivity index (χ1v) is 8.60. The summed E-state index contributed by atoms with van der Waals surface area (Å²) in [4.78, 5) is 14.8. The molecule has 0 aliphatic carbocycles. The van der Waals surface area contributed by atoms with Crippen LogP contribution in [0, 0.1) is 11.8 Å². The second-order valence-corrected chi connectivity index (χ2v) is 6.69. The number of rotatable bonds is 8. The van der Waals surface area contributed by atoms with Gasteiger partial charge in [-0.1, -0.05) is 5.21 Å². The predicted molar refractivity (Wildman–Crippen MR) is 87.2 cm³/mol. The molecule has 1 N–H and O–H groups in total. The van der Waals surface area contributed by atoms with E-state index in [-0.39, 0.29) is 11.8 Å². The first kappa shape index (κ1) is 17.3. The number of amides is 1. The van der Waals surface area contributed by atoms with Gasteiger partial charge in [-0.3, -0.25) is 14.4 Å². The smallest absolute Gasteiger partial charge is 0.224 e. The van der Waals surface area contributed by atoms with E-state index < -0.39 is 0 Å². The van der Waals surface area contributed by atoms with Gasteiger partial charge in [0.2, 0.25) is 5.91 Å². The van der Waals surface area contributed by atoms with Crippen LogP contribution in [0.3, 0.4) is 0 Å². The molecule has 0 aromatic carbocycles. The Hall–Kier alpha value is -1.51. The lowest BCUT2D eigenvalue weighted by Gasteiger charge is -2.49. The maximum Gasteiger partial charge on any atom is 0.224 e. The van der Waals surface area contributed by atoms with Crippen molar-refractivity contribution in [3.05, 3.63) is 11.9 Å². The van der Waals surface area contributed by atoms with Crippen molar-refractivity contribution < 1.29 is 14.3 Å². The quantitative estimate of drug-likeness (QED) is 0.667. The third kappa shape index (κ3) is 3.93. The van der Waals surface area contributed by atoms with Crippen molar-refractivity contribution in [2.45, 2.75) is 32.0 Å². The number of nitrogens with one attached hydrogen (secondary N) is 1. The van der Waals surface area contributed by atoms with Crippen LogP contribution in [0.1, 0.15) is 18.5 Å². The van der Waals surface area contributed by atoms with Gasteiger partial charge in [0.15, 0.2) is 0 Å². The van der Waals surface area contributed by atoms with Crippen molar-refractivity contribution in [3.63, 3.8) is 0 Å². The Morgan fingerprint density at radius 2 is 2.29 bits per heavy atom. The Morgan fingerprint density at radius 1 is 1.42 bits per heavy atom. The Labute approximate surface area is 142 Å². The normalized spacial score (nSPS) is 28.9. The van der Waals surface area contributed by atoms with Gasteiger partial charge in [-0.15, -0.1) is 5.10 Å². The maximum absolute atomic E-state index is 12.4. The van der Waals surface area contributed by atoms with E-state index in [1.54, 1.807) is 14.2 Å². The molecular weight excluding hydrogens is 310 g/mol. The van der Waals surface area contributed by atoms with Gasteiger partial charge in [0.05, 0.1) is 31.9 Å². The summed E-state index contributed by atoms with van der Waals surface area (Å²) in [6, 6.07) is 0.434. The van der Waals surface area contributed by atoms with Crippen LogP contribution in [-0.4, -0.2) is 72.3 Å². The molecule has 4 atom stereocenters. The molecule has 3 fully saturated rings. The van der Waals surface area contributed by atoms with Crippen LogP contribution in [0.5, 0.6) is 0 Å². The zero-order chi connectivity index (χ0) is 16.9. The standard InChI is InChI=1S/C16H27N5O3/c1-23-6-4-17-16(22)15-10-20-5-3-12(15)7-14(20)9-21-8-13(11-24-2)18-19-21/h8,12,14-15H,3-7,9-11H2,1-2H3,(H,17,22). The highest BCUT2D eigenvalue weighted by Gasteiger charge is 2.43. The highest BCUT2D eigenvalue weighted by Crippen LogP contribution is 2.36. The summed E-state index contributed by atoms with van der Waals surface area (Å²) < 4.78 is 12.0. The highest BCUT2D eigenvalue weighted by molar-refractivity contribution is 5.79. The lowest BCUT2D eigenvalue weighted by atomic mass is 9.75. The summed E-state index contributed by atoms with van der Waals surface area (Å²) in [6.07, 6.45) is 4.09. The van der Waals surface area contributed by atoms with Gasteiger partial charge in [0.25, 0.3) is 0 Å². The topological polar surface area (TPSA) is 81.5 Å². The first-order chi connectivity index (χ1) is 11.7. The number of carbonyl (C=O) groups excluding carboxylic acids is 1. The largest absolute Gasteiger partial charge is 0.383 e. The van der Waals surface area contributed by atoms with E-state index in [1.807, 2.05) is 10.9 Å². The van der Waals surface area contributed by atoms with Gasteiger partial charge in [-0.2, -0.15) is 0 Å². The molecule has 4 unspecified atom stereocenters. The molecule has 0 spiro atoms. The fourth-order valence-electron chi connectivity index (χ4n) is 3.89. The van der Waals surface area contributed by atoms with Crippen molar-refractivity contribution in [2.75, 3.05) is 40.5 Å². The molecule has 1 aromatic heterocycles. The van der Waals surface area contributed by atoms with Crippen LogP contribution < -0.4 is 5.32 Å². The molecular formula is C16H27N5O3. The molecule has 1 aromatic rings. The van der Waals surface area contributed by atoms with Crippen molar-refractivity contribution in [3.8, 4) is 0 Å². The minimum Gasteiger partial charge on any atom is -0.383 e. The van der Waals surface area contributed by atoms with E-state index in [9.17, 15) is 4.79 Å². The fourth-order valence-corrected chi connectivity index (χ4v) is 3.89. The first-order valence-electron chi connectivity index (χ1n) is 8.60. The van der Waals surface area contributed by atoms with Crippen LogP contribution in [0.15, 0.2) is 6.20 Å². The number of nitrogens with zero attached hydrogens (tertiary/aromatic N) is 4. The zero-order valence-corrected chi connectivity index (χ0v) is 14.5. The van der Waals surface area contributed by atoms with Crippen molar-refractivity contribution in [1.82, 2.24) is 25.2 Å². The average molecular weight is 337 g/mol. The van der Waals surface area contributed by atoms with Crippen LogP contribution in [-0.2, 0) is 27.4 Å². The van der Waals surface area contributed by atoms with E-state index in [4.69, 9.17) is 9.47 Å². The highest BCUT2D eigenvalue weighted by atomic mass is 16.5. The zero-order valence-electron chi connectivity index (χ0n) is 14.5. The van der Waals surface area contributed by atoms with Gasteiger partial charge in [0, 0.05) is 33.4 Å². The molecule has 0 radical (unpaired) electrons. The Balaban J connectivity index is 1.54. The second kappa shape index (κ2) is 8.04. The molecule has 8 heteroatoms. The molecule has 3 saturated heterocycles. The minimum atomic E-state index is 0.103. The molecule has 0 saturated carbocycles. The second-order valence-electron chi connectivity index (χ2n) is 6.69. The van der Waals surface area contributed by atoms with Crippen molar-refractivity contribution in [1.29, 1.82) is 0 Å². The van der Waals surface area contributed by atoms with E-state index in [0.717, 1.165) is 38.2 Å². The number of hydrogen-bond donors (Lipinski definition) is 1. The third-order valence-electron chi connectivity index (χ3n) is 5.10. The van der Waals surface area contributed by atoms with Crippen LogP contribution >= 0.6 is 0 Å². The molecule has 1 amide bonds. The Kier molecular flexibility index (Phi) is 5.80. The maximum atomic E-state index is 12.4. The molecule has 2 bridgehead atoms.